The van der Waals surface area contributed by atoms with Gasteiger partial charge in [-0.15, -0.1) is 0 Å². The first kappa shape index (κ1) is 32.7. The van der Waals surface area contributed by atoms with Crippen LogP contribution in [-0.2, 0) is 19.2 Å². The number of carboxylic acid groups (broad SMARTS) is 4. The fourth-order valence-electron chi connectivity index (χ4n) is 0.0833. The summed E-state index contributed by atoms with van der Waals surface area (Å²) in [6, 6.07) is 0. The average molecular weight is 342 g/mol. The quantitative estimate of drug-likeness (QED) is 0.405. The fraction of sp³-hybridized carbons (Fsp3) is 0.692. The lowest BCUT2D eigenvalue weighted by Crippen LogP contribution is -2.31. The Kier molecular flexibility index (Phi) is 31.4. The highest BCUT2D eigenvalue weighted by molar-refractivity contribution is 5.63. The number of hydrogen-bond acceptors (Lipinski definition) is 6. The zero-order valence-corrected chi connectivity index (χ0v) is 14.5. The molecule has 0 amide bonds. The average Bonchev–Trinajstić information content (AvgIpc) is 2.26. The van der Waals surface area contributed by atoms with Gasteiger partial charge in [0.1, 0.15) is 0 Å². The van der Waals surface area contributed by atoms with Crippen LogP contribution in [0, 0.1) is 5.41 Å². The van der Waals surface area contributed by atoms with Gasteiger partial charge in [-0.2, -0.15) is 0 Å². The molecule has 140 valence electrons. The minimum absolute atomic E-state index is 0.139. The second kappa shape index (κ2) is 22.1. The smallest absolute Gasteiger partial charge is 0.300 e. The van der Waals surface area contributed by atoms with Gasteiger partial charge < -0.3 is 31.9 Å². The van der Waals surface area contributed by atoms with Crippen molar-refractivity contribution in [3.8, 4) is 0 Å². The first-order valence-corrected chi connectivity index (χ1v) is 6.23. The van der Waals surface area contributed by atoms with E-state index < -0.39 is 23.9 Å². The molecule has 0 heterocycles. The predicted molar refractivity (Wildman–Crippen MR) is 85.1 cm³/mol. The van der Waals surface area contributed by atoms with Crippen molar-refractivity contribution >= 4 is 23.9 Å². The van der Waals surface area contributed by atoms with Crippen molar-refractivity contribution in [1.82, 2.24) is 0 Å². The minimum Gasteiger partial charge on any atom is -0.481 e. The normalized spacial score (nSPS) is 8.00. The zero-order chi connectivity index (χ0) is 20.2. The molecule has 0 aromatic carbocycles. The Morgan fingerprint density at radius 1 is 0.652 bits per heavy atom. The molecular weight excluding hydrogens is 312 g/mol. The van der Waals surface area contributed by atoms with Gasteiger partial charge in [0.25, 0.3) is 23.9 Å². The molecule has 8 N–H and O–H groups in total. The summed E-state index contributed by atoms with van der Waals surface area (Å²) in [5.41, 5.74) is 10.8. The van der Waals surface area contributed by atoms with Gasteiger partial charge in [-0.25, -0.2) is 0 Å². The summed E-state index contributed by atoms with van der Waals surface area (Å²) in [5, 5.41) is 29.7. The van der Waals surface area contributed by atoms with E-state index in [9.17, 15) is 0 Å². The molecule has 0 aliphatic rings. The summed E-state index contributed by atoms with van der Waals surface area (Å²) in [7, 11) is 0. The van der Waals surface area contributed by atoms with Gasteiger partial charge in [0, 0.05) is 27.7 Å². The molecule has 0 aromatic rings. The molecule has 0 bridgehead atoms. The van der Waals surface area contributed by atoms with E-state index in [0.29, 0.717) is 13.1 Å². The summed E-state index contributed by atoms with van der Waals surface area (Å²) in [6.45, 7) is 9.77. The van der Waals surface area contributed by atoms with E-state index in [0.717, 1.165) is 27.7 Å². The maximum Gasteiger partial charge on any atom is 0.300 e. The summed E-state index contributed by atoms with van der Waals surface area (Å²) >= 11 is 0. The van der Waals surface area contributed by atoms with E-state index in [-0.39, 0.29) is 5.41 Å². The Morgan fingerprint density at radius 3 is 0.739 bits per heavy atom. The van der Waals surface area contributed by atoms with Crippen molar-refractivity contribution in [2.24, 2.45) is 16.9 Å². The molecule has 0 unspecified atom stereocenters. The minimum atomic E-state index is -0.833. The number of aliphatic carboxylic acids is 4. The highest BCUT2D eigenvalue weighted by Gasteiger charge is 2.10. The van der Waals surface area contributed by atoms with E-state index in [2.05, 4.69) is 0 Å². The molecule has 0 spiro atoms. The Balaban J connectivity index is -0.0000000604. The topological polar surface area (TPSA) is 201 Å². The van der Waals surface area contributed by atoms with Crippen LogP contribution in [0.5, 0.6) is 0 Å². The predicted octanol–water partition coefficient (Wildman–Crippen LogP) is 0.294. The van der Waals surface area contributed by atoms with Crippen LogP contribution in [0.15, 0.2) is 0 Å². The van der Waals surface area contributed by atoms with Crippen LogP contribution >= 0.6 is 0 Å². The van der Waals surface area contributed by atoms with Gasteiger partial charge in [0.2, 0.25) is 0 Å². The van der Waals surface area contributed by atoms with Gasteiger partial charge in [0.15, 0.2) is 0 Å². The molecule has 0 radical (unpaired) electrons. The summed E-state index contributed by atoms with van der Waals surface area (Å²) in [4.78, 5) is 36.0. The zero-order valence-electron chi connectivity index (χ0n) is 14.5. The molecule has 10 nitrogen and oxygen atoms in total. The maximum absolute atomic E-state index is 9.00. The number of nitrogens with two attached hydrogens (primary N) is 2. The Labute approximate surface area is 136 Å². The first-order valence-electron chi connectivity index (χ1n) is 6.23. The molecule has 0 rings (SSSR count). The third-order valence-electron chi connectivity index (χ3n) is 1.11. The fourth-order valence-corrected chi connectivity index (χ4v) is 0.0833. The summed E-state index contributed by atoms with van der Waals surface area (Å²) < 4.78 is 0. The van der Waals surface area contributed by atoms with Crippen LogP contribution in [-0.4, -0.2) is 57.4 Å². The van der Waals surface area contributed by atoms with E-state index in [1.807, 2.05) is 13.8 Å². The van der Waals surface area contributed by atoms with Gasteiger partial charge in [0.05, 0.1) is 0 Å². The molecule has 0 aliphatic carbocycles. The highest BCUT2D eigenvalue weighted by atomic mass is 16.4. The molecule has 0 fully saturated rings. The lowest BCUT2D eigenvalue weighted by atomic mass is 9.95. The number of rotatable bonds is 2. The third-order valence-corrected chi connectivity index (χ3v) is 1.11. The van der Waals surface area contributed by atoms with E-state index in [4.69, 9.17) is 51.1 Å². The first-order chi connectivity index (χ1) is 10.0. The van der Waals surface area contributed by atoms with E-state index in [1.165, 1.54) is 0 Å². The van der Waals surface area contributed by atoms with Crippen molar-refractivity contribution in [2.75, 3.05) is 13.1 Å². The van der Waals surface area contributed by atoms with Crippen molar-refractivity contribution in [2.45, 2.75) is 41.5 Å². The second-order valence-corrected chi connectivity index (χ2v) is 4.65. The second-order valence-electron chi connectivity index (χ2n) is 4.65. The van der Waals surface area contributed by atoms with Crippen molar-refractivity contribution < 1.29 is 39.6 Å². The van der Waals surface area contributed by atoms with Gasteiger partial charge in [-0.05, 0) is 18.5 Å². The van der Waals surface area contributed by atoms with Crippen LogP contribution in [0.4, 0.5) is 0 Å². The number of carboxylic acids is 4. The molecule has 0 aromatic heterocycles. The molecule has 10 heteroatoms. The van der Waals surface area contributed by atoms with Crippen LogP contribution in [0.3, 0.4) is 0 Å². The van der Waals surface area contributed by atoms with Gasteiger partial charge in [-0.3, -0.25) is 19.2 Å². The van der Waals surface area contributed by atoms with Crippen molar-refractivity contribution in [3.63, 3.8) is 0 Å². The SMILES string of the molecule is CC(=O)O.CC(=O)O.CC(=O)O.CC(=O)O.CC(C)(CN)CN. The van der Waals surface area contributed by atoms with Crippen LogP contribution < -0.4 is 11.5 Å². The largest absolute Gasteiger partial charge is 0.481 e. The summed E-state index contributed by atoms with van der Waals surface area (Å²) in [6.07, 6.45) is 0. The molecular formula is C13H30N2O8. The van der Waals surface area contributed by atoms with Crippen LogP contribution in [0.25, 0.3) is 0 Å². The standard InChI is InChI=1S/C5H14N2.4C2H4O2/c1-5(2,3-6)4-7;4*1-2(3)4/h3-4,6-7H2,1-2H3;4*1H3,(H,3,4). The Hall–Kier alpha value is -2.20. The van der Waals surface area contributed by atoms with Gasteiger partial charge in [-0.1, -0.05) is 13.8 Å². The van der Waals surface area contributed by atoms with Crippen LogP contribution in [0.2, 0.25) is 0 Å². The van der Waals surface area contributed by atoms with Crippen molar-refractivity contribution in [3.05, 3.63) is 0 Å². The van der Waals surface area contributed by atoms with Gasteiger partial charge >= 0.3 is 0 Å². The van der Waals surface area contributed by atoms with Crippen LogP contribution in [0.1, 0.15) is 41.5 Å². The molecule has 0 saturated carbocycles. The molecule has 23 heavy (non-hydrogen) atoms. The van der Waals surface area contributed by atoms with E-state index in [1.54, 1.807) is 0 Å². The van der Waals surface area contributed by atoms with Crippen molar-refractivity contribution in [1.29, 1.82) is 0 Å². The lowest BCUT2D eigenvalue weighted by molar-refractivity contribution is -0.135. The summed E-state index contributed by atoms with van der Waals surface area (Å²) in [5.74, 6) is -3.33. The lowest BCUT2D eigenvalue weighted by Gasteiger charge is -2.18. The monoisotopic (exact) mass is 342 g/mol. The molecule has 0 saturated heterocycles. The maximum atomic E-state index is 9.00. The number of hydrogen-bond donors (Lipinski definition) is 6. The molecule has 0 aliphatic heterocycles. The highest BCUT2D eigenvalue weighted by Crippen LogP contribution is 2.07. The Morgan fingerprint density at radius 2 is 0.739 bits per heavy atom. The third kappa shape index (κ3) is 434. The number of carbonyl (C=O) groups is 4. The molecule has 0 atom stereocenters. The van der Waals surface area contributed by atoms with E-state index >= 15 is 0 Å². The Bertz CT molecular complexity index is 260.